The minimum atomic E-state index is -3.02. The number of pyridine rings is 1. The highest BCUT2D eigenvalue weighted by atomic mass is 32.2. The maximum atomic E-state index is 11.2. The lowest BCUT2D eigenvalue weighted by atomic mass is 10.1. The molecule has 0 bridgehead atoms. The van der Waals surface area contributed by atoms with Gasteiger partial charge in [-0.3, -0.25) is 0 Å². The number of aliphatic hydroxyl groups is 1. The van der Waals surface area contributed by atoms with Gasteiger partial charge in [0.15, 0.2) is 0 Å². The maximum absolute atomic E-state index is 11.2. The van der Waals surface area contributed by atoms with Gasteiger partial charge in [-0.05, 0) is 12.1 Å². The van der Waals surface area contributed by atoms with Crippen molar-refractivity contribution in [2.75, 3.05) is 30.5 Å². The number of rotatable bonds is 5. The Morgan fingerprint density at radius 2 is 2.00 bits per heavy atom. The normalized spacial score (nSPS) is 11.8. The van der Waals surface area contributed by atoms with E-state index < -0.39 is 9.84 Å². The smallest absolute Gasteiger partial charge is 0.149 e. The molecule has 2 aromatic rings. The Bertz CT molecular complexity index is 713. The van der Waals surface area contributed by atoms with Gasteiger partial charge in [0, 0.05) is 30.8 Å². The predicted molar refractivity (Wildman–Crippen MR) is 80.6 cm³/mol. The largest absolute Gasteiger partial charge is 0.392 e. The summed E-state index contributed by atoms with van der Waals surface area (Å²) in [6.45, 7) is 0.216. The highest BCUT2D eigenvalue weighted by molar-refractivity contribution is 7.90. The van der Waals surface area contributed by atoms with Crippen molar-refractivity contribution in [1.29, 1.82) is 0 Å². The van der Waals surface area contributed by atoms with Crippen LogP contribution in [0.25, 0.3) is 10.9 Å². The molecule has 0 aliphatic rings. The molecule has 1 heterocycles. The summed E-state index contributed by atoms with van der Waals surface area (Å²) in [5.74, 6) is 0.679. The lowest BCUT2D eigenvalue weighted by Crippen LogP contribution is -2.26. The molecule has 108 valence electrons. The molecule has 0 saturated carbocycles. The molecular weight excluding hydrogens is 276 g/mol. The van der Waals surface area contributed by atoms with E-state index in [2.05, 4.69) is 4.98 Å². The van der Waals surface area contributed by atoms with Crippen molar-refractivity contribution in [3.05, 3.63) is 35.9 Å². The first-order valence-electron chi connectivity index (χ1n) is 6.29. The van der Waals surface area contributed by atoms with E-state index in [0.717, 1.165) is 10.9 Å². The van der Waals surface area contributed by atoms with Crippen molar-refractivity contribution in [3.8, 4) is 0 Å². The number of hydrogen-bond acceptors (Lipinski definition) is 5. The van der Waals surface area contributed by atoms with E-state index in [0.29, 0.717) is 17.9 Å². The third kappa shape index (κ3) is 3.46. The number of hydrogen-bond donors (Lipinski definition) is 1. The van der Waals surface area contributed by atoms with Crippen LogP contribution >= 0.6 is 0 Å². The second-order valence-corrected chi connectivity index (χ2v) is 7.13. The maximum Gasteiger partial charge on any atom is 0.149 e. The fraction of sp³-hybridized carbons (Fsp3) is 0.357. The van der Waals surface area contributed by atoms with E-state index in [4.69, 9.17) is 0 Å². The zero-order valence-electron chi connectivity index (χ0n) is 11.6. The van der Waals surface area contributed by atoms with Crippen LogP contribution in [-0.2, 0) is 16.4 Å². The standard InChI is InChI=1S/C14H18N2O3S/c1-16(7-8-20(2,18)19)14-12(10-17)9-11-5-3-4-6-13(11)15-14/h3-6,9,17H,7-8,10H2,1-2H3. The molecule has 0 aliphatic heterocycles. The lowest BCUT2D eigenvalue weighted by Gasteiger charge is -2.21. The molecule has 6 heteroatoms. The van der Waals surface area contributed by atoms with E-state index in [1.54, 1.807) is 11.9 Å². The van der Waals surface area contributed by atoms with E-state index >= 15 is 0 Å². The van der Waals surface area contributed by atoms with E-state index in [1.165, 1.54) is 6.26 Å². The SMILES string of the molecule is CN(CCS(C)(=O)=O)c1nc2ccccc2cc1CO. The number of aromatic nitrogens is 1. The summed E-state index contributed by atoms with van der Waals surface area (Å²) in [7, 11) is -1.24. The molecule has 0 aliphatic carbocycles. The van der Waals surface area contributed by atoms with Crippen LogP contribution in [0.5, 0.6) is 0 Å². The van der Waals surface area contributed by atoms with Crippen LogP contribution in [0.2, 0.25) is 0 Å². The molecule has 20 heavy (non-hydrogen) atoms. The third-order valence-electron chi connectivity index (χ3n) is 3.11. The number of para-hydroxylation sites is 1. The van der Waals surface area contributed by atoms with Crippen LogP contribution < -0.4 is 4.90 Å². The Kier molecular flexibility index (Phi) is 4.25. The van der Waals surface area contributed by atoms with Crippen LogP contribution in [0.1, 0.15) is 5.56 Å². The molecular formula is C14H18N2O3S. The summed E-state index contributed by atoms with van der Waals surface area (Å²) in [6, 6.07) is 9.52. The second-order valence-electron chi connectivity index (χ2n) is 4.87. The molecule has 5 nitrogen and oxygen atoms in total. The van der Waals surface area contributed by atoms with Crippen molar-refractivity contribution in [3.63, 3.8) is 0 Å². The fourth-order valence-corrected chi connectivity index (χ4v) is 2.61. The topological polar surface area (TPSA) is 70.5 Å². The molecule has 0 fully saturated rings. The number of anilines is 1. The van der Waals surface area contributed by atoms with Crippen molar-refractivity contribution >= 4 is 26.6 Å². The molecule has 0 atom stereocenters. The number of aliphatic hydroxyl groups excluding tert-OH is 1. The lowest BCUT2D eigenvalue weighted by molar-refractivity contribution is 0.282. The molecule has 1 N–H and O–H groups in total. The van der Waals surface area contributed by atoms with Gasteiger partial charge in [-0.25, -0.2) is 13.4 Å². The highest BCUT2D eigenvalue weighted by Crippen LogP contribution is 2.22. The molecule has 1 aromatic heterocycles. The van der Waals surface area contributed by atoms with Crippen LogP contribution in [0, 0.1) is 0 Å². The average molecular weight is 294 g/mol. The number of benzene rings is 1. The van der Waals surface area contributed by atoms with Crippen molar-refractivity contribution in [1.82, 2.24) is 4.98 Å². The Hall–Kier alpha value is -1.66. The summed E-state index contributed by atoms with van der Waals surface area (Å²) in [5.41, 5.74) is 1.52. The first-order chi connectivity index (χ1) is 9.40. The van der Waals surface area contributed by atoms with Crippen molar-refractivity contribution in [2.45, 2.75) is 6.61 Å². The molecule has 0 saturated heterocycles. The fourth-order valence-electron chi connectivity index (χ4n) is 2.01. The Morgan fingerprint density at radius 3 is 2.65 bits per heavy atom. The van der Waals surface area contributed by atoms with Crippen LogP contribution in [0.3, 0.4) is 0 Å². The molecule has 0 unspecified atom stereocenters. The summed E-state index contributed by atoms with van der Waals surface area (Å²) < 4.78 is 22.5. The summed E-state index contributed by atoms with van der Waals surface area (Å²) in [6.07, 6.45) is 1.21. The summed E-state index contributed by atoms with van der Waals surface area (Å²) in [4.78, 5) is 6.28. The van der Waals surface area contributed by atoms with Gasteiger partial charge in [-0.2, -0.15) is 0 Å². The predicted octanol–water partition coefficient (Wildman–Crippen LogP) is 1.21. The van der Waals surface area contributed by atoms with Crippen molar-refractivity contribution < 1.29 is 13.5 Å². The average Bonchev–Trinajstić information content (AvgIpc) is 2.42. The second kappa shape index (κ2) is 5.76. The van der Waals surface area contributed by atoms with Gasteiger partial charge in [-0.1, -0.05) is 18.2 Å². The van der Waals surface area contributed by atoms with Crippen LogP contribution in [0.15, 0.2) is 30.3 Å². The first kappa shape index (κ1) is 14.7. The van der Waals surface area contributed by atoms with Crippen LogP contribution in [0.4, 0.5) is 5.82 Å². The van der Waals surface area contributed by atoms with Crippen molar-refractivity contribution in [2.24, 2.45) is 0 Å². The van der Waals surface area contributed by atoms with E-state index in [-0.39, 0.29) is 12.4 Å². The number of nitrogens with zero attached hydrogens (tertiary/aromatic N) is 2. The Balaban J connectivity index is 2.36. The molecule has 0 radical (unpaired) electrons. The van der Waals surface area contributed by atoms with Gasteiger partial charge in [0.25, 0.3) is 0 Å². The Morgan fingerprint density at radius 1 is 1.30 bits per heavy atom. The summed E-state index contributed by atoms with van der Waals surface area (Å²) in [5, 5.41) is 10.4. The zero-order valence-corrected chi connectivity index (χ0v) is 12.4. The molecule has 0 amide bonds. The van der Waals surface area contributed by atoms with Gasteiger partial charge >= 0.3 is 0 Å². The quantitative estimate of drug-likeness (QED) is 0.897. The van der Waals surface area contributed by atoms with Crippen LogP contribution in [-0.4, -0.2) is 44.1 Å². The summed E-state index contributed by atoms with van der Waals surface area (Å²) >= 11 is 0. The number of sulfone groups is 1. The molecule has 2 rings (SSSR count). The van der Waals surface area contributed by atoms with E-state index in [1.807, 2.05) is 30.3 Å². The minimum Gasteiger partial charge on any atom is -0.392 e. The molecule has 1 aromatic carbocycles. The minimum absolute atomic E-state index is 0.0584. The molecule has 0 spiro atoms. The van der Waals surface area contributed by atoms with Gasteiger partial charge in [0.1, 0.15) is 15.7 Å². The highest BCUT2D eigenvalue weighted by Gasteiger charge is 2.12. The van der Waals surface area contributed by atoms with Gasteiger partial charge in [-0.15, -0.1) is 0 Å². The Labute approximate surface area is 118 Å². The zero-order chi connectivity index (χ0) is 14.8. The van der Waals surface area contributed by atoms with Gasteiger partial charge < -0.3 is 10.0 Å². The van der Waals surface area contributed by atoms with Gasteiger partial charge in [0.05, 0.1) is 17.9 Å². The monoisotopic (exact) mass is 294 g/mol. The first-order valence-corrected chi connectivity index (χ1v) is 8.35. The number of fused-ring (bicyclic) bond motifs is 1. The van der Waals surface area contributed by atoms with Gasteiger partial charge in [0.2, 0.25) is 0 Å². The third-order valence-corrected chi connectivity index (χ3v) is 4.03. The van der Waals surface area contributed by atoms with E-state index in [9.17, 15) is 13.5 Å².